The van der Waals surface area contributed by atoms with E-state index in [2.05, 4.69) is 121 Å². The molecule has 1 aliphatic carbocycles. The van der Waals surface area contributed by atoms with Gasteiger partial charge in [-0.05, 0) is 71.8 Å². The summed E-state index contributed by atoms with van der Waals surface area (Å²) >= 11 is 3.61. The number of hydrogen-bond acceptors (Lipinski definition) is 6. The van der Waals surface area contributed by atoms with Crippen molar-refractivity contribution in [2.75, 3.05) is 0 Å². The van der Waals surface area contributed by atoms with Gasteiger partial charge in [-0.15, -0.1) is 22.7 Å². The van der Waals surface area contributed by atoms with Gasteiger partial charge in [0, 0.05) is 32.0 Å². The van der Waals surface area contributed by atoms with Crippen molar-refractivity contribution in [1.82, 2.24) is 0 Å². The average Bonchev–Trinajstić information content (AvgIpc) is 3.97. The van der Waals surface area contributed by atoms with Crippen LogP contribution in [-0.4, -0.2) is 0 Å². The minimum Gasteiger partial charge on any atom is -0.464 e. The van der Waals surface area contributed by atoms with Crippen molar-refractivity contribution in [1.29, 1.82) is 0 Å². The van der Waals surface area contributed by atoms with Crippen LogP contribution >= 0.6 is 22.7 Å². The standard InChI is InChI=1S/C42H24O4S2/c1-5-15-31-25(11-1)41(26-12-2-6-16-32(26)45-31)29-23-37(35-19-9-21-43-35)48-40(29)42(30-24-38(47-39(30)41)36-20-10-22-44-36)27-13-3-7-17-33(27)46-34-18-8-4-14-28(34)42/h1-24H. The van der Waals surface area contributed by atoms with Crippen molar-refractivity contribution in [3.05, 3.63) is 189 Å². The van der Waals surface area contributed by atoms with Gasteiger partial charge in [0.15, 0.2) is 0 Å². The Labute approximate surface area is 284 Å². The number of hydrogen-bond donors (Lipinski definition) is 0. The lowest BCUT2D eigenvalue weighted by Gasteiger charge is -2.50. The van der Waals surface area contributed by atoms with E-state index in [4.69, 9.17) is 18.3 Å². The van der Waals surface area contributed by atoms with E-state index in [0.29, 0.717) is 0 Å². The SMILES string of the molecule is c1coc(-c2cc3c(s2)C2(c4ccccc4Oc4ccccc42)c2cc(-c4ccco4)sc2C32c3ccccc3Oc3ccccc32)c1. The molecule has 0 amide bonds. The Morgan fingerprint density at radius 3 is 1.06 bits per heavy atom. The maximum absolute atomic E-state index is 6.69. The van der Waals surface area contributed by atoms with Gasteiger partial charge in [-0.3, -0.25) is 0 Å². The van der Waals surface area contributed by atoms with Crippen LogP contribution < -0.4 is 9.47 Å². The Bertz CT molecular complexity index is 2220. The maximum Gasteiger partial charge on any atom is 0.143 e. The zero-order valence-electron chi connectivity index (χ0n) is 25.3. The molecule has 0 N–H and O–H groups in total. The molecule has 228 valence electrons. The van der Waals surface area contributed by atoms with Crippen LogP contribution in [0.4, 0.5) is 0 Å². The van der Waals surface area contributed by atoms with E-state index in [1.807, 2.05) is 12.1 Å². The molecule has 0 saturated heterocycles. The highest BCUT2D eigenvalue weighted by Crippen LogP contribution is 2.70. The van der Waals surface area contributed by atoms with Crippen LogP contribution in [0.5, 0.6) is 23.0 Å². The van der Waals surface area contributed by atoms with Gasteiger partial charge in [0.05, 0.1) is 33.1 Å². The number of ether oxygens (including phenoxy) is 2. The van der Waals surface area contributed by atoms with Gasteiger partial charge >= 0.3 is 0 Å². The molecule has 4 aromatic carbocycles. The Kier molecular flexibility index (Phi) is 5.25. The fourth-order valence-electron chi connectivity index (χ4n) is 8.28. The monoisotopic (exact) mass is 656 g/mol. The van der Waals surface area contributed by atoms with Crippen molar-refractivity contribution < 1.29 is 18.3 Å². The maximum atomic E-state index is 6.69. The summed E-state index contributed by atoms with van der Waals surface area (Å²) in [6.07, 6.45) is 3.51. The predicted molar refractivity (Wildman–Crippen MR) is 188 cm³/mol. The van der Waals surface area contributed by atoms with Crippen LogP contribution in [0.2, 0.25) is 0 Å². The van der Waals surface area contributed by atoms with Gasteiger partial charge in [0.2, 0.25) is 0 Å². The number of fused-ring (bicyclic) bond motifs is 14. The molecule has 3 aliphatic rings. The molecular weight excluding hydrogens is 633 g/mol. The zero-order chi connectivity index (χ0) is 31.5. The average molecular weight is 657 g/mol. The summed E-state index contributed by atoms with van der Waals surface area (Å²) in [7, 11) is 0. The summed E-state index contributed by atoms with van der Waals surface area (Å²) in [5.41, 5.74) is 5.54. The van der Waals surface area contributed by atoms with Crippen molar-refractivity contribution in [3.8, 4) is 44.3 Å². The van der Waals surface area contributed by atoms with Crippen LogP contribution in [0.25, 0.3) is 21.3 Å². The highest BCUT2D eigenvalue weighted by atomic mass is 32.1. The molecule has 6 heteroatoms. The van der Waals surface area contributed by atoms with E-state index >= 15 is 0 Å². The molecule has 4 nitrogen and oxygen atoms in total. The molecule has 0 radical (unpaired) electrons. The summed E-state index contributed by atoms with van der Waals surface area (Å²) in [6.45, 7) is 0. The third-order valence-corrected chi connectivity index (χ3v) is 12.6. The number of benzene rings is 4. The molecule has 0 bridgehead atoms. The molecule has 0 atom stereocenters. The first-order valence-electron chi connectivity index (χ1n) is 15.9. The molecular formula is C42H24O4S2. The minimum atomic E-state index is -0.680. The van der Waals surface area contributed by atoms with Crippen LogP contribution in [0.1, 0.15) is 43.1 Å². The molecule has 0 fully saturated rings. The smallest absolute Gasteiger partial charge is 0.143 e. The van der Waals surface area contributed by atoms with Gasteiger partial charge in [0.25, 0.3) is 0 Å². The summed E-state index contributed by atoms with van der Waals surface area (Å²) in [4.78, 5) is 4.63. The Morgan fingerprint density at radius 2 is 0.729 bits per heavy atom. The second-order valence-corrected chi connectivity index (χ2v) is 14.5. The van der Waals surface area contributed by atoms with E-state index in [1.165, 1.54) is 20.9 Å². The van der Waals surface area contributed by atoms with Crippen LogP contribution in [0.15, 0.2) is 155 Å². The Balaban J connectivity index is 1.39. The molecule has 0 saturated carbocycles. The number of furan rings is 2. The number of thiophene rings is 2. The van der Waals surface area contributed by atoms with E-state index in [1.54, 1.807) is 35.2 Å². The highest BCUT2D eigenvalue weighted by molar-refractivity contribution is 7.17. The minimum absolute atomic E-state index is 0.680. The second kappa shape index (κ2) is 9.50. The molecule has 0 unspecified atom stereocenters. The molecule has 2 aliphatic heterocycles. The zero-order valence-corrected chi connectivity index (χ0v) is 26.9. The number of para-hydroxylation sites is 4. The van der Waals surface area contributed by atoms with E-state index in [-0.39, 0.29) is 0 Å². The molecule has 8 aromatic rings. The summed E-state index contributed by atoms with van der Waals surface area (Å²) < 4.78 is 25.6. The van der Waals surface area contributed by atoms with Crippen molar-refractivity contribution in [3.63, 3.8) is 0 Å². The molecule has 4 aromatic heterocycles. The largest absolute Gasteiger partial charge is 0.464 e. The third kappa shape index (κ3) is 3.19. The lowest BCUT2D eigenvalue weighted by molar-refractivity contribution is 0.418. The van der Waals surface area contributed by atoms with Crippen molar-refractivity contribution in [2.45, 2.75) is 10.8 Å². The molecule has 11 rings (SSSR count). The summed E-state index contributed by atoms with van der Waals surface area (Å²) in [6, 6.07) is 46.8. The van der Waals surface area contributed by atoms with Gasteiger partial charge in [-0.2, -0.15) is 0 Å². The van der Waals surface area contributed by atoms with E-state index < -0.39 is 10.8 Å². The lowest BCUT2D eigenvalue weighted by Crippen LogP contribution is -2.45. The molecule has 2 spiro atoms. The van der Waals surface area contributed by atoms with Crippen LogP contribution in [-0.2, 0) is 10.8 Å². The quantitative estimate of drug-likeness (QED) is 0.186. The highest BCUT2D eigenvalue weighted by Gasteiger charge is 2.61. The third-order valence-electron chi connectivity index (χ3n) is 10.1. The summed E-state index contributed by atoms with van der Waals surface area (Å²) in [5, 5.41) is 0. The fraction of sp³-hybridized carbons (Fsp3) is 0.0476. The molecule has 48 heavy (non-hydrogen) atoms. The lowest BCUT2D eigenvalue weighted by atomic mass is 9.54. The van der Waals surface area contributed by atoms with Gasteiger partial charge < -0.3 is 18.3 Å². The van der Waals surface area contributed by atoms with E-state index in [0.717, 1.165) is 66.5 Å². The van der Waals surface area contributed by atoms with Gasteiger partial charge in [-0.25, -0.2) is 0 Å². The first kappa shape index (κ1) is 26.5. The molecule has 6 heterocycles. The second-order valence-electron chi connectivity index (χ2n) is 12.4. The predicted octanol–water partition coefficient (Wildman–Crippen LogP) is 11.6. The van der Waals surface area contributed by atoms with Crippen molar-refractivity contribution >= 4 is 22.7 Å². The van der Waals surface area contributed by atoms with Crippen molar-refractivity contribution in [2.24, 2.45) is 0 Å². The Morgan fingerprint density at radius 1 is 0.375 bits per heavy atom. The first-order chi connectivity index (χ1) is 23.8. The fourth-order valence-corrected chi connectivity index (χ4v) is 11.1. The van der Waals surface area contributed by atoms with Gasteiger partial charge in [-0.1, -0.05) is 72.8 Å². The van der Waals surface area contributed by atoms with Crippen LogP contribution in [0, 0.1) is 0 Å². The first-order valence-corrected chi connectivity index (χ1v) is 17.5. The van der Waals surface area contributed by atoms with Crippen LogP contribution in [0.3, 0.4) is 0 Å². The number of rotatable bonds is 2. The van der Waals surface area contributed by atoms with Gasteiger partial charge in [0.1, 0.15) is 34.5 Å². The normalized spacial score (nSPS) is 15.3. The topological polar surface area (TPSA) is 44.7 Å². The Hall–Kier alpha value is -5.56. The van der Waals surface area contributed by atoms with E-state index in [9.17, 15) is 0 Å². The summed E-state index contributed by atoms with van der Waals surface area (Å²) in [5.74, 6) is 5.13.